The molecule has 0 aromatic heterocycles. The first-order valence-corrected chi connectivity index (χ1v) is 6.31. The van der Waals surface area contributed by atoms with Crippen molar-refractivity contribution in [3.8, 4) is 0 Å². The number of likely N-dealkylation sites (N-methyl/N-ethyl adjacent to an activating group) is 1. The number of nitrogens with one attached hydrogen (secondary N) is 1. The molecule has 1 aliphatic heterocycles. The van der Waals surface area contributed by atoms with Gasteiger partial charge in [0.1, 0.15) is 0 Å². The van der Waals surface area contributed by atoms with Crippen molar-refractivity contribution in [2.45, 2.75) is 18.6 Å². The Hall–Kier alpha value is -0.900. The molecule has 1 N–H and O–H groups in total. The monoisotopic (exact) mass is 234 g/mol. The predicted octanol–water partition coefficient (Wildman–Crippen LogP) is 1.67. The number of rotatable bonds is 5. The Balaban J connectivity index is 1.92. The van der Waals surface area contributed by atoms with Crippen LogP contribution in [0.1, 0.15) is 18.0 Å². The average Bonchev–Trinajstić information content (AvgIpc) is 2.84. The minimum atomic E-state index is 0.409. The van der Waals surface area contributed by atoms with E-state index >= 15 is 0 Å². The first kappa shape index (κ1) is 12.6. The normalized spacial score (nSPS) is 22.8. The van der Waals surface area contributed by atoms with Gasteiger partial charge in [-0.1, -0.05) is 30.3 Å². The highest BCUT2D eigenvalue weighted by Gasteiger charge is 2.24. The van der Waals surface area contributed by atoms with Crippen molar-refractivity contribution in [2.24, 2.45) is 0 Å². The van der Waals surface area contributed by atoms with E-state index in [9.17, 15) is 0 Å². The number of benzene rings is 1. The molecule has 3 nitrogen and oxygen atoms in total. The third-order valence-corrected chi connectivity index (χ3v) is 3.55. The zero-order valence-corrected chi connectivity index (χ0v) is 10.7. The summed E-state index contributed by atoms with van der Waals surface area (Å²) in [5.41, 5.74) is 1.36. The molecule has 1 aromatic carbocycles. The third kappa shape index (κ3) is 3.28. The van der Waals surface area contributed by atoms with Gasteiger partial charge in [0.05, 0.1) is 6.10 Å². The van der Waals surface area contributed by atoms with E-state index < -0.39 is 0 Å². The number of ether oxygens (including phenoxy) is 1. The molecule has 0 spiro atoms. The largest absolute Gasteiger partial charge is 0.380 e. The predicted molar refractivity (Wildman–Crippen MR) is 70.1 cm³/mol. The van der Waals surface area contributed by atoms with E-state index in [4.69, 9.17) is 4.74 Å². The molecule has 0 bridgehead atoms. The van der Waals surface area contributed by atoms with Gasteiger partial charge in [0.25, 0.3) is 0 Å². The van der Waals surface area contributed by atoms with E-state index in [2.05, 4.69) is 40.5 Å². The van der Waals surface area contributed by atoms with Gasteiger partial charge in [0, 0.05) is 32.8 Å². The lowest BCUT2D eigenvalue weighted by Crippen LogP contribution is -2.33. The molecule has 2 rings (SSSR count). The van der Waals surface area contributed by atoms with Crippen molar-refractivity contribution in [2.75, 3.05) is 33.8 Å². The standard InChI is InChI=1S/C14H22N2O/c1-15-14(12-6-4-3-5-7-12)11-16-9-8-13(10-16)17-2/h3-7,13-15H,8-11H2,1-2H3/t13?,14-/m1/s1. The fourth-order valence-corrected chi connectivity index (χ4v) is 2.46. The molecule has 1 aliphatic rings. The van der Waals surface area contributed by atoms with Crippen LogP contribution in [-0.4, -0.2) is 44.8 Å². The Labute approximate surface area is 104 Å². The van der Waals surface area contributed by atoms with Crippen molar-refractivity contribution in [3.05, 3.63) is 35.9 Å². The Kier molecular flexibility index (Phi) is 4.54. The second-order valence-electron chi connectivity index (χ2n) is 4.66. The molecule has 0 aliphatic carbocycles. The minimum absolute atomic E-state index is 0.409. The molecule has 0 saturated carbocycles. The van der Waals surface area contributed by atoms with Gasteiger partial charge < -0.3 is 10.1 Å². The van der Waals surface area contributed by atoms with E-state index in [1.165, 1.54) is 5.56 Å². The van der Waals surface area contributed by atoms with Crippen molar-refractivity contribution in [3.63, 3.8) is 0 Å². The van der Waals surface area contributed by atoms with Gasteiger partial charge in [-0.05, 0) is 19.0 Å². The van der Waals surface area contributed by atoms with E-state index in [1.807, 2.05) is 7.05 Å². The molecular weight excluding hydrogens is 212 g/mol. The molecule has 1 aromatic rings. The van der Waals surface area contributed by atoms with Gasteiger partial charge in [0.2, 0.25) is 0 Å². The van der Waals surface area contributed by atoms with Crippen LogP contribution in [-0.2, 0) is 4.74 Å². The van der Waals surface area contributed by atoms with E-state index in [0.717, 1.165) is 26.1 Å². The van der Waals surface area contributed by atoms with Crippen LogP contribution in [0.3, 0.4) is 0 Å². The highest BCUT2D eigenvalue weighted by Crippen LogP contribution is 2.18. The summed E-state index contributed by atoms with van der Waals surface area (Å²) in [6.07, 6.45) is 1.57. The molecule has 0 amide bonds. The Morgan fingerprint density at radius 1 is 1.41 bits per heavy atom. The van der Waals surface area contributed by atoms with Gasteiger partial charge in [-0.2, -0.15) is 0 Å². The van der Waals surface area contributed by atoms with Crippen LogP contribution in [0, 0.1) is 0 Å². The van der Waals surface area contributed by atoms with Crippen LogP contribution in [0.15, 0.2) is 30.3 Å². The SMILES string of the molecule is CN[C@H](CN1CCC(OC)C1)c1ccccc1. The highest BCUT2D eigenvalue weighted by molar-refractivity contribution is 5.19. The number of hydrogen-bond donors (Lipinski definition) is 1. The zero-order chi connectivity index (χ0) is 12.1. The maximum absolute atomic E-state index is 5.40. The van der Waals surface area contributed by atoms with Gasteiger partial charge in [-0.15, -0.1) is 0 Å². The van der Waals surface area contributed by atoms with Crippen LogP contribution in [0.25, 0.3) is 0 Å². The number of hydrogen-bond acceptors (Lipinski definition) is 3. The summed E-state index contributed by atoms with van der Waals surface area (Å²) in [5, 5.41) is 3.40. The van der Waals surface area contributed by atoms with Crippen molar-refractivity contribution < 1.29 is 4.74 Å². The topological polar surface area (TPSA) is 24.5 Å². The molecule has 1 saturated heterocycles. The summed E-state index contributed by atoms with van der Waals surface area (Å²) >= 11 is 0. The fourth-order valence-electron chi connectivity index (χ4n) is 2.46. The zero-order valence-electron chi connectivity index (χ0n) is 10.7. The van der Waals surface area contributed by atoms with Crippen LogP contribution < -0.4 is 5.32 Å². The Morgan fingerprint density at radius 3 is 2.76 bits per heavy atom. The van der Waals surface area contributed by atoms with Crippen LogP contribution >= 0.6 is 0 Å². The average molecular weight is 234 g/mol. The summed E-state index contributed by atoms with van der Waals surface area (Å²) in [4.78, 5) is 2.47. The Bertz CT molecular complexity index is 328. The van der Waals surface area contributed by atoms with Crippen LogP contribution in [0.2, 0.25) is 0 Å². The molecule has 1 heterocycles. The lowest BCUT2D eigenvalue weighted by Gasteiger charge is -2.23. The van der Waals surface area contributed by atoms with Gasteiger partial charge in [0.15, 0.2) is 0 Å². The summed E-state index contributed by atoms with van der Waals surface area (Å²) in [6.45, 7) is 3.26. The summed E-state index contributed by atoms with van der Waals surface area (Å²) in [7, 11) is 3.84. The smallest absolute Gasteiger partial charge is 0.0710 e. The number of nitrogens with zero attached hydrogens (tertiary/aromatic N) is 1. The fraction of sp³-hybridized carbons (Fsp3) is 0.571. The molecular formula is C14H22N2O. The van der Waals surface area contributed by atoms with Gasteiger partial charge in [-0.25, -0.2) is 0 Å². The van der Waals surface area contributed by atoms with Crippen molar-refractivity contribution in [1.82, 2.24) is 10.2 Å². The second-order valence-corrected chi connectivity index (χ2v) is 4.66. The van der Waals surface area contributed by atoms with Crippen molar-refractivity contribution >= 4 is 0 Å². The molecule has 94 valence electrons. The lowest BCUT2D eigenvalue weighted by atomic mass is 10.1. The summed E-state index contributed by atoms with van der Waals surface area (Å²) in [6, 6.07) is 11.0. The minimum Gasteiger partial charge on any atom is -0.380 e. The van der Waals surface area contributed by atoms with Gasteiger partial charge >= 0.3 is 0 Å². The number of likely N-dealkylation sites (tertiary alicyclic amines) is 1. The maximum Gasteiger partial charge on any atom is 0.0710 e. The van der Waals surface area contributed by atoms with E-state index in [0.29, 0.717) is 12.1 Å². The molecule has 1 fully saturated rings. The third-order valence-electron chi connectivity index (χ3n) is 3.55. The maximum atomic E-state index is 5.40. The summed E-state index contributed by atoms with van der Waals surface area (Å²) in [5.74, 6) is 0. The molecule has 0 radical (unpaired) electrons. The summed E-state index contributed by atoms with van der Waals surface area (Å²) < 4.78 is 5.40. The van der Waals surface area contributed by atoms with Gasteiger partial charge in [-0.3, -0.25) is 4.90 Å². The van der Waals surface area contributed by atoms with E-state index in [-0.39, 0.29) is 0 Å². The van der Waals surface area contributed by atoms with Crippen molar-refractivity contribution in [1.29, 1.82) is 0 Å². The second kappa shape index (κ2) is 6.15. The molecule has 3 heteroatoms. The van der Waals surface area contributed by atoms with E-state index in [1.54, 1.807) is 7.11 Å². The number of methoxy groups -OCH3 is 1. The quantitative estimate of drug-likeness (QED) is 0.838. The Morgan fingerprint density at radius 2 is 2.18 bits per heavy atom. The highest BCUT2D eigenvalue weighted by atomic mass is 16.5. The molecule has 1 unspecified atom stereocenters. The lowest BCUT2D eigenvalue weighted by molar-refractivity contribution is 0.107. The van der Waals surface area contributed by atoms with Crippen LogP contribution in [0.5, 0.6) is 0 Å². The molecule has 17 heavy (non-hydrogen) atoms. The van der Waals surface area contributed by atoms with Crippen LogP contribution in [0.4, 0.5) is 0 Å². The molecule has 2 atom stereocenters. The first-order valence-electron chi connectivity index (χ1n) is 6.31. The first-order chi connectivity index (χ1) is 8.33.